The molecule has 2 aromatic heterocycles. The van der Waals surface area contributed by atoms with Crippen LogP contribution in [-0.4, -0.2) is 34.1 Å². The molecule has 224 valence electrons. The average molecular weight is 630 g/mol. The maximum Gasteiger partial charge on any atom is 0.296 e. The van der Waals surface area contributed by atoms with Gasteiger partial charge in [0, 0.05) is 11.1 Å². The number of amides is 1. The first-order valence-corrected chi connectivity index (χ1v) is 15.5. The number of ketones is 1. The second kappa shape index (κ2) is 11.5. The zero-order chi connectivity index (χ0) is 31.2. The third-order valence-electron chi connectivity index (χ3n) is 7.37. The van der Waals surface area contributed by atoms with Crippen LogP contribution in [0.3, 0.4) is 0 Å². The molecule has 1 N–H and O–H groups in total. The van der Waals surface area contributed by atoms with Crippen LogP contribution in [0.25, 0.3) is 11.0 Å². The number of hydrogen-bond donors (Lipinski definition) is 1. The number of anilines is 1. The van der Waals surface area contributed by atoms with Gasteiger partial charge in [-0.2, -0.15) is 0 Å². The minimum atomic E-state index is -0.984. The van der Waals surface area contributed by atoms with Crippen molar-refractivity contribution < 1.29 is 28.2 Å². The third kappa shape index (κ3) is 5.48. The summed E-state index contributed by atoms with van der Waals surface area (Å²) in [4.78, 5) is 29.0. The van der Waals surface area contributed by atoms with Gasteiger partial charge in [-0.05, 0) is 46.4 Å². The van der Waals surface area contributed by atoms with Gasteiger partial charge in [0.15, 0.2) is 27.2 Å². The van der Waals surface area contributed by atoms with E-state index >= 15 is 0 Å². The molecule has 1 aliphatic rings. The Morgan fingerprint density at radius 3 is 2.50 bits per heavy atom. The van der Waals surface area contributed by atoms with Crippen molar-refractivity contribution in [1.29, 1.82) is 0 Å². The fourth-order valence-corrected chi connectivity index (χ4v) is 6.86. The van der Waals surface area contributed by atoms with Crippen molar-refractivity contribution in [3.05, 3.63) is 112 Å². The number of nitrogens with zero attached hydrogens (tertiary/aromatic N) is 3. The summed E-state index contributed by atoms with van der Waals surface area (Å²) in [5, 5.41) is 20.6. The lowest BCUT2D eigenvalue weighted by Gasteiger charge is -2.25. The van der Waals surface area contributed by atoms with Crippen LogP contribution in [0, 0.1) is 5.82 Å². The molecule has 1 unspecified atom stereocenters. The summed E-state index contributed by atoms with van der Waals surface area (Å²) in [5.74, 6) is -1.45. The number of hydrogen-bond acceptors (Lipinski definition) is 9. The SMILES string of the molecule is COc1cccc2cc(C(=O)C3=C(O)C(=O)N(c4nnc(SCc5ccc(F)cc5)s4)C3c3ccc(C(C)(C)C)cc3)oc12. The molecule has 5 aromatic rings. The Morgan fingerprint density at radius 1 is 1.09 bits per heavy atom. The van der Waals surface area contributed by atoms with Gasteiger partial charge in [-0.25, -0.2) is 4.39 Å². The highest BCUT2D eigenvalue weighted by molar-refractivity contribution is 8.00. The molecule has 6 rings (SSSR count). The van der Waals surface area contributed by atoms with Crippen LogP contribution < -0.4 is 9.64 Å². The molecule has 0 saturated carbocycles. The van der Waals surface area contributed by atoms with Gasteiger partial charge in [0.1, 0.15) is 5.82 Å². The predicted molar refractivity (Wildman–Crippen MR) is 168 cm³/mol. The predicted octanol–water partition coefficient (Wildman–Crippen LogP) is 7.80. The lowest BCUT2D eigenvalue weighted by atomic mass is 9.85. The van der Waals surface area contributed by atoms with E-state index in [1.54, 1.807) is 36.4 Å². The lowest BCUT2D eigenvalue weighted by molar-refractivity contribution is -0.117. The zero-order valence-corrected chi connectivity index (χ0v) is 26.0. The fourth-order valence-electron chi connectivity index (χ4n) is 5.04. The lowest BCUT2D eigenvalue weighted by Crippen LogP contribution is -2.31. The first kappa shape index (κ1) is 29.6. The first-order chi connectivity index (χ1) is 21.0. The number of halogens is 1. The normalized spacial score (nSPS) is 15.4. The summed E-state index contributed by atoms with van der Waals surface area (Å²) in [6.45, 7) is 6.28. The van der Waals surface area contributed by atoms with Crippen molar-refractivity contribution in [2.45, 2.75) is 42.3 Å². The number of methoxy groups -OCH3 is 1. The highest BCUT2D eigenvalue weighted by atomic mass is 32.2. The number of furan rings is 1. The van der Waals surface area contributed by atoms with Crippen LogP contribution in [-0.2, 0) is 16.0 Å². The van der Waals surface area contributed by atoms with Crippen LogP contribution >= 0.6 is 23.1 Å². The molecule has 0 radical (unpaired) electrons. The average Bonchev–Trinajstić information content (AvgIpc) is 3.72. The van der Waals surface area contributed by atoms with Gasteiger partial charge < -0.3 is 14.3 Å². The van der Waals surface area contributed by atoms with Crippen molar-refractivity contribution >= 4 is 50.9 Å². The Morgan fingerprint density at radius 2 is 1.82 bits per heavy atom. The van der Waals surface area contributed by atoms with Gasteiger partial charge in [-0.15, -0.1) is 10.2 Å². The molecule has 1 atom stereocenters. The fraction of sp³-hybridized carbons (Fsp3) is 0.212. The largest absolute Gasteiger partial charge is 0.503 e. The standard InChI is InChI=1S/C33H28FN3O5S2/c1-33(2,3)21-12-10-19(11-13-21)26-25(27(38)24-16-20-6-5-7-23(41-4)29(20)42-24)28(39)30(40)37(26)31-35-36-32(44-31)43-17-18-8-14-22(34)15-9-18/h5-16,26,39H,17H2,1-4H3. The summed E-state index contributed by atoms with van der Waals surface area (Å²) in [6, 6.07) is 19.7. The Balaban J connectivity index is 1.38. The number of ether oxygens (including phenoxy) is 1. The topological polar surface area (TPSA) is 106 Å². The minimum Gasteiger partial charge on any atom is -0.503 e. The van der Waals surface area contributed by atoms with Crippen LogP contribution in [0.4, 0.5) is 9.52 Å². The number of benzene rings is 3. The molecule has 3 aromatic carbocycles. The highest BCUT2D eigenvalue weighted by Crippen LogP contribution is 2.45. The second-order valence-corrected chi connectivity index (χ2v) is 13.5. The summed E-state index contributed by atoms with van der Waals surface area (Å²) >= 11 is 2.55. The van der Waals surface area contributed by atoms with E-state index in [0.29, 0.717) is 32.4 Å². The van der Waals surface area contributed by atoms with E-state index in [2.05, 4.69) is 31.0 Å². The Bertz CT molecular complexity index is 1910. The van der Waals surface area contributed by atoms with Crippen molar-refractivity contribution in [2.24, 2.45) is 0 Å². The second-order valence-electron chi connectivity index (χ2n) is 11.3. The number of fused-ring (bicyclic) bond motifs is 1. The molecule has 44 heavy (non-hydrogen) atoms. The highest BCUT2D eigenvalue weighted by Gasteiger charge is 2.47. The van der Waals surface area contributed by atoms with E-state index in [4.69, 9.17) is 9.15 Å². The number of aliphatic hydroxyl groups excluding tert-OH is 1. The van der Waals surface area contributed by atoms with Gasteiger partial charge in [0.2, 0.25) is 10.9 Å². The van der Waals surface area contributed by atoms with E-state index in [1.165, 1.54) is 47.2 Å². The van der Waals surface area contributed by atoms with Gasteiger partial charge >= 0.3 is 0 Å². The summed E-state index contributed by atoms with van der Waals surface area (Å²) in [5.41, 5.74) is 2.73. The number of carbonyl (C=O) groups excluding carboxylic acids is 2. The van der Waals surface area contributed by atoms with Crippen molar-refractivity contribution in [2.75, 3.05) is 12.0 Å². The quantitative estimate of drug-likeness (QED) is 0.105. The summed E-state index contributed by atoms with van der Waals surface area (Å²) in [7, 11) is 1.51. The van der Waals surface area contributed by atoms with E-state index in [0.717, 1.165) is 11.1 Å². The first-order valence-electron chi connectivity index (χ1n) is 13.7. The van der Waals surface area contributed by atoms with Gasteiger partial charge in [-0.1, -0.05) is 92.4 Å². The molecule has 0 bridgehead atoms. The van der Waals surface area contributed by atoms with Crippen LogP contribution in [0.15, 0.2) is 92.9 Å². The van der Waals surface area contributed by atoms with E-state index in [-0.39, 0.29) is 27.7 Å². The molecular weight excluding hydrogens is 602 g/mol. The molecule has 3 heterocycles. The Labute approximate surface area is 261 Å². The molecule has 0 fully saturated rings. The zero-order valence-electron chi connectivity index (χ0n) is 24.3. The number of thioether (sulfide) groups is 1. The molecular formula is C33H28FN3O5S2. The van der Waals surface area contributed by atoms with Crippen LogP contribution in [0.5, 0.6) is 5.75 Å². The van der Waals surface area contributed by atoms with Gasteiger partial charge in [-0.3, -0.25) is 14.5 Å². The molecule has 1 aliphatic heterocycles. The number of Topliss-reactive ketones (excluding diaryl/α,β-unsaturated/α-hetero) is 1. The van der Waals surface area contributed by atoms with E-state index in [9.17, 15) is 19.1 Å². The van der Waals surface area contributed by atoms with Gasteiger partial charge in [0.25, 0.3) is 5.91 Å². The number of aromatic nitrogens is 2. The number of rotatable bonds is 8. The molecule has 0 saturated heterocycles. The van der Waals surface area contributed by atoms with Crippen molar-refractivity contribution in [3.8, 4) is 5.75 Å². The Hall–Kier alpha value is -4.48. The maximum absolute atomic E-state index is 14.1. The monoisotopic (exact) mass is 629 g/mol. The minimum absolute atomic E-state index is 0.0372. The Kier molecular flexibility index (Phi) is 7.77. The molecule has 1 amide bonds. The number of carbonyl (C=O) groups is 2. The molecule has 8 nitrogen and oxygen atoms in total. The molecule has 0 aliphatic carbocycles. The molecule has 11 heteroatoms. The molecule has 0 spiro atoms. The maximum atomic E-state index is 14.1. The smallest absolute Gasteiger partial charge is 0.296 e. The van der Waals surface area contributed by atoms with E-state index < -0.39 is 23.5 Å². The van der Waals surface area contributed by atoms with Crippen LogP contribution in [0.1, 0.15) is 54.1 Å². The van der Waals surface area contributed by atoms with Crippen LogP contribution in [0.2, 0.25) is 0 Å². The van der Waals surface area contributed by atoms with Crippen molar-refractivity contribution in [3.63, 3.8) is 0 Å². The third-order valence-corrected chi connectivity index (χ3v) is 9.50. The number of aliphatic hydroxyl groups is 1. The number of para-hydroxylation sites is 1. The summed E-state index contributed by atoms with van der Waals surface area (Å²) in [6.07, 6.45) is 0. The van der Waals surface area contributed by atoms with Crippen molar-refractivity contribution in [1.82, 2.24) is 10.2 Å². The summed E-state index contributed by atoms with van der Waals surface area (Å²) < 4.78 is 25.2. The van der Waals surface area contributed by atoms with E-state index in [1.807, 2.05) is 24.3 Å². The van der Waals surface area contributed by atoms with Gasteiger partial charge in [0.05, 0.1) is 18.7 Å².